The third-order valence-electron chi connectivity index (χ3n) is 0. The molecular formula is H6BNa3O12Si3. The van der Waals surface area contributed by atoms with E-state index in [0.717, 1.165) is 0 Å². The minimum Gasteiger partial charge on any atom is -0.907 e. The molecule has 0 aromatic heterocycles. The van der Waals surface area contributed by atoms with Gasteiger partial charge < -0.3 is 43.8 Å². The van der Waals surface area contributed by atoms with Gasteiger partial charge in [0.05, 0.1) is 0 Å². The van der Waals surface area contributed by atoms with E-state index in [2.05, 4.69) is 0 Å². The Hall–Kier alpha value is 1.80. The molecule has 0 saturated carbocycles. The van der Waals surface area contributed by atoms with Crippen LogP contribution in [0.1, 0.15) is 0 Å². The summed E-state index contributed by atoms with van der Waals surface area (Å²) in [5.41, 5.74) is 0. The van der Waals surface area contributed by atoms with Crippen LogP contribution in [0, 0.1) is 0 Å². The van der Waals surface area contributed by atoms with Gasteiger partial charge in [0.2, 0.25) is 0 Å². The van der Waals surface area contributed by atoms with Crippen LogP contribution in [0.15, 0.2) is 0 Å². The zero-order chi connectivity index (χ0) is 14.3. The average Bonchev–Trinajstić information content (AvgIpc) is 1.76. The first-order valence-corrected chi connectivity index (χ1v) is 6.57. The quantitative estimate of drug-likeness (QED) is 0.220. The normalized spacial score (nSPS) is 5.21. The van der Waals surface area contributed by atoms with Gasteiger partial charge in [0.25, 0.3) is 0 Å². The maximum absolute atomic E-state index is 8.74. The van der Waals surface area contributed by atoms with Gasteiger partial charge in [-0.3, -0.25) is 20.7 Å². The Balaban J connectivity index is -0.0000000192. The van der Waals surface area contributed by atoms with E-state index in [-0.39, 0.29) is 88.7 Å². The summed E-state index contributed by atoms with van der Waals surface area (Å²) in [5.74, 6) is 0. The summed E-state index contributed by atoms with van der Waals surface area (Å²) in [5, 5.41) is 25.2. The summed E-state index contributed by atoms with van der Waals surface area (Å²) in [7, 11) is -12.3. The summed E-state index contributed by atoms with van der Waals surface area (Å²) in [6.45, 7) is 0. The molecule has 0 heterocycles. The second-order valence-electron chi connectivity index (χ2n) is 1.14. The molecular weight excluding hydrogens is 356 g/mol. The molecule has 0 aromatic rings. The van der Waals surface area contributed by atoms with E-state index >= 15 is 0 Å². The van der Waals surface area contributed by atoms with E-state index in [4.69, 9.17) is 57.2 Å². The zero-order valence-electron chi connectivity index (χ0n) is 10.2. The third-order valence-corrected chi connectivity index (χ3v) is 0. The van der Waals surface area contributed by atoms with E-state index in [1.807, 2.05) is 0 Å². The van der Waals surface area contributed by atoms with Crippen molar-refractivity contribution < 1.29 is 146 Å². The first kappa shape index (κ1) is 42.8. The summed E-state index contributed by atoms with van der Waals surface area (Å²) < 4.78 is 26.2. The molecule has 0 aliphatic heterocycles. The van der Waals surface area contributed by atoms with Gasteiger partial charge in [0.15, 0.2) is 0 Å². The van der Waals surface area contributed by atoms with Gasteiger partial charge in [-0.2, -0.15) is 0 Å². The molecule has 19 heavy (non-hydrogen) atoms. The summed E-state index contributed by atoms with van der Waals surface area (Å²) in [6, 6.07) is 0. The van der Waals surface area contributed by atoms with Gasteiger partial charge in [-0.15, -0.1) is 0 Å². The number of hydrogen-bond donors (Lipinski definition) is 6. The Morgan fingerprint density at radius 1 is 0.579 bits per heavy atom. The van der Waals surface area contributed by atoms with E-state index in [1.54, 1.807) is 0 Å². The minimum atomic E-state index is -3.13. The molecule has 0 aliphatic rings. The van der Waals surface area contributed by atoms with Crippen LogP contribution in [-0.4, -0.2) is 63.6 Å². The van der Waals surface area contributed by atoms with Crippen LogP contribution in [0.2, 0.25) is 0 Å². The van der Waals surface area contributed by atoms with Crippen molar-refractivity contribution in [2.75, 3.05) is 0 Å². The zero-order valence-corrected chi connectivity index (χ0v) is 19.2. The van der Waals surface area contributed by atoms with E-state index in [0.29, 0.717) is 0 Å². The molecule has 12 nitrogen and oxygen atoms in total. The van der Waals surface area contributed by atoms with Gasteiger partial charge in [-0.05, 0) is 0 Å². The van der Waals surface area contributed by atoms with Crippen LogP contribution in [0.25, 0.3) is 0 Å². The first-order valence-electron chi connectivity index (χ1n) is 2.66. The fourth-order valence-electron chi connectivity index (χ4n) is 0. The van der Waals surface area contributed by atoms with Crippen molar-refractivity contribution in [3.05, 3.63) is 0 Å². The third kappa shape index (κ3) is 1940. The number of rotatable bonds is 0. The van der Waals surface area contributed by atoms with Gasteiger partial charge in [0, 0.05) is 0 Å². The molecule has 19 heteroatoms. The maximum atomic E-state index is 8.74. The predicted octanol–water partition coefficient (Wildman–Crippen LogP) is -17.8. The molecule has 6 N–H and O–H groups in total. The van der Waals surface area contributed by atoms with Gasteiger partial charge in [-0.25, -0.2) is 0 Å². The molecule has 0 saturated heterocycles. The van der Waals surface area contributed by atoms with Crippen molar-refractivity contribution in [3.63, 3.8) is 0 Å². The summed E-state index contributed by atoms with van der Waals surface area (Å²) in [4.78, 5) is 42.9. The van der Waals surface area contributed by atoms with Crippen molar-refractivity contribution in [2.24, 2.45) is 0 Å². The molecule has 0 unspecified atom stereocenters. The molecule has 0 spiro atoms. The predicted molar refractivity (Wildman–Crippen MR) is 38.4 cm³/mol. The fraction of sp³-hybridized carbons (Fsp3) is 0. The largest absolute Gasteiger partial charge is 1.00 e. The Morgan fingerprint density at radius 2 is 0.579 bits per heavy atom. The average molecular weight is 362 g/mol. The molecule has 0 radical (unpaired) electrons. The molecule has 0 aromatic carbocycles. The Morgan fingerprint density at radius 3 is 0.579 bits per heavy atom. The minimum absolute atomic E-state index is 0. The number of hydrogen-bond acceptors (Lipinski definition) is 6. The Bertz CT molecular complexity index is 155. The smallest absolute Gasteiger partial charge is 0.907 e. The molecule has 0 bridgehead atoms. The second-order valence-corrected chi connectivity index (χ2v) is 2.83. The van der Waals surface area contributed by atoms with Crippen molar-refractivity contribution in [3.8, 4) is 0 Å². The Kier molecular flexibility index (Phi) is 82.8. The van der Waals surface area contributed by atoms with E-state index in [9.17, 15) is 0 Å². The van der Waals surface area contributed by atoms with Gasteiger partial charge in [-0.1, -0.05) is 0 Å². The summed E-state index contributed by atoms with van der Waals surface area (Å²) >= 11 is 0. The molecule has 0 atom stereocenters. The molecule has 0 amide bonds. The maximum Gasteiger partial charge on any atom is 1.00 e. The SMILES string of the molecule is O=[Si](O)O.O=[Si](O)O.O=[Si](O)O.[Na+].[Na+].[Na+].[O-]B([O-])[O-]. The monoisotopic (exact) mass is 362 g/mol. The van der Waals surface area contributed by atoms with Crippen LogP contribution < -0.4 is 104 Å². The van der Waals surface area contributed by atoms with E-state index in [1.165, 1.54) is 0 Å². The molecule has 0 rings (SSSR count). The molecule has 0 aliphatic carbocycles. The fourth-order valence-corrected chi connectivity index (χ4v) is 0. The first-order chi connectivity index (χ1) is 6.93. The van der Waals surface area contributed by atoms with Crippen LogP contribution >= 0.6 is 0 Å². The van der Waals surface area contributed by atoms with Crippen LogP contribution in [0.3, 0.4) is 0 Å². The van der Waals surface area contributed by atoms with Crippen molar-refractivity contribution >= 4 is 34.8 Å². The van der Waals surface area contributed by atoms with Gasteiger partial charge in [0.1, 0.15) is 0 Å². The molecule has 0 fully saturated rings. The summed E-state index contributed by atoms with van der Waals surface area (Å²) in [6.07, 6.45) is 0. The topological polar surface area (TPSA) is 242 Å². The molecule has 96 valence electrons. The van der Waals surface area contributed by atoms with Gasteiger partial charge >= 0.3 is 116 Å². The van der Waals surface area contributed by atoms with Crippen LogP contribution in [-0.2, 0) is 13.4 Å². The van der Waals surface area contributed by atoms with Crippen molar-refractivity contribution in [1.82, 2.24) is 0 Å². The second kappa shape index (κ2) is 36.7. The Labute approximate surface area is 178 Å². The van der Waals surface area contributed by atoms with Crippen LogP contribution in [0.5, 0.6) is 0 Å². The van der Waals surface area contributed by atoms with E-state index < -0.39 is 34.8 Å². The van der Waals surface area contributed by atoms with Crippen LogP contribution in [0.4, 0.5) is 0 Å². The standard InChI is InChI=1S/BO3.3Na.3H2O3Si/c2-1(3)4;;;;3*1-4(2)3/h;;;;3*1-2H/q-3;3*+1;;;. The van der Waals surface area contributed by atoms with Crippen molar-refractivity contribution in [2.45, 2.75) is 0 Å². The van der Waals surface area contributed by atoms with Crippen molar-refractivity contribution in [1.29, 1.82) is 0 Å².